The van der Waals surface area contributed by atoms with Gasteiger partial charge in [-0.2, -0.15) is 0 Å². The minimum Gasteiger partial charge on any atom is -0.481 e. The van der Waals surface area contributed by atoms with Crippen LogP contribution >= 0.6 is 0 Å². The minimum absolute atomic E-state index is 0.00884. The average Bonchev–Trinajstić information content (AvgIpc) is 2.87. The van der Waals surface area contributed by atoms with Crippen LogP contribution in [0.1, 0.15) is 30.4 Å². The summed E-state index contributed by atoms with van der Waals surface area (Å²) in [5.74, 6) is -0.748. The fraction of sp³-hybridized carbons (Fsp3) is 0.500. The summed E-state index contributed by atoms with van der Waals surface area (Å²) < 4.78 is 4.90. The summed E-state index contributed by atoms with van der Waals surface area (Å²) in [5.41, 5.74) is 3.38. The Kier molecular flexibility index (Phi) is 5.33. The third-order valence-corrected chi connectivity index (χ3v) is 3.71. The van der Waals surface area contributed by atoms with Gasteiger partial charge in [-0.3, -0.25) is 9.59 Å². The van der Waals surface area contributed by atoms with Gasteiger partial charge in [0.25, 0.3) is 5.91 Å². The number of carbonyl (C=O) groups excluding carboxylic acids is 1. The number of rotatable bonds is 7. The number of anilines is 1. The van der Waals surface area contributed by atoms with Crippen molar-refractivity contribution in [1.82, 2.24) is 0 Å². The van der Waals surface area contributed by atoms with Crippen LogP contribution in [0.4, 0.5) is 5.69 Å². The van der Waals surface area contributed by atoms with Crippen LogP contribution in [0.15, 0.2) is 18.2 Å². The first-order chi connectivity index (χ1) is 10.1. The molecule has 0 aliphatic carbocycles. The van der Waals surface area contributed by atoms with E-state index in [4.69, 9.17) is 9.84 Å². The van der Waals surface area contributed by atoms with Crippen LogP contribution in [0.3, 0.4) is 0 Å². The van der Waals surface area contributed by atoms with E-state index in [2.05, 4.69) is 6.07 Å². The first kappa shape index (κ1) is 15.5. The van der Waals surface area contributed by atoms with Gasteiger partial charge in [0.15, 0.2) is 0 Å². The summed E-state index contributed by atoms with van der Waals surface area (Å²) >= 11 is 0. The van der Waals surface area contributed by atoms with E-state index in [1.807, 2.05) is 12.1 Å². The Hall–Kier alpha value is -1.88. The third-order valence-electron chi connectivity index (χ3n) is 3.71. The molecule has 0 fully saturated rings. The van der Waals surface area contributed by atoms with Crippen molar-refractivity contribution in [3.05, 3.63) is 29.3 Å². The molecule has 2 rings (SSSR count). The van der Waals surface area contributed by atoms with Gasteiger partial charge in [0.2, 0.25) is 0 Å². The molecule has 0 aromatic heterocycles. The molecular weight excluding hydrogens is 270 g/mol. The number of methoxy groups -OCH3 is 1. The highest BCUT2D eigenvalue weighted by atomic mass is 16.5. The number of hydrogen-bond acceptors (Lipinski definition) is 3. The number of aryl methyl sites for hydroxylation is 1. The van der Waals surface area contributed by atoms with E-state index < -0.39 is 5.97 Å². The second-order valence-electron chi connectivity index (χ2n) is 5.29. The van der Waals surface area contributed by atoms with E-state index in [-0.39, 0.29) is 18.9 Å². The molecule has 1 N–H and O–H groups in total. The third kappa shape index (κ3) is 4.04. The van der Waals surface area contributed by atoms with Gasteiger partial charge in [-0.1, -0.05) is 12.1 Å². The number of ether oxygens (including phenoxy) is 1. The van der Waals surface area contributed by atoms with Crippen molar-refractivity contribution in [2.45, 2.75) is 32.1 Å². The molecule has 5 nitrogen and oxygen atoms in total. The van der Waals surface area contributed by atoms with Crippen LogP contribution < -0.4 is 4.90 Å². The van der Waals surface area contributed by atoms with Gasteiger partial charge in [-0.15, -0.1) is 0 Å². The number of fused-ring (bicyclic) bond motifs is 1. The van der Waals surface area contributed by atoms with E-state index in [0.29, 0.717) is 13.0 Å². The van der Waals surface area contributed by atoms with Crippen LogP contribution in [0.25, 0.3) is 0 Å². The second-order valence-corrected chi connectivity index (χ2v) is 5.29. The number of carbonyl (C=O) groups is 2. The van der Waals surface area contributed by atoms with Gasteiger partial charge >= 0.3 is 5.97 Å². The molecule has 1 aliphatic rings. The molecule has 1 heterocycles. The molecule has 5 heteroatoms. The fourth-order valence-corrected chi connectivity index (χ4v) is 2.68. The summed E-state index contributed by atoms with van der Waals surface area (Å²) in [6.45, 7) is 0.816. The molecule has 0 spiro atoms. The largest absolute Gasteiger partial charge is 0.481 e. The number of aliphatic carboxylic acids is 1. The fourth-order valence-electron chi connectivity index (χ4n) is 2.68. The van der Waals surface area contributed by atoms with Gasteiger partial charge in [-0.25, -0.2) is 0 Å². The lowest BCUT2D eigenvalue weighted by Gasteiger charge is -2.17. The highest BCUT2D eigenvalue weighted by molar-refractivity contribution is 5.96. The second kappa shape index (κ2) is 7.22. The lowest BCUT2D eigenvalue weighted by atomic mass is 10.0. The number of benzene rings is 1. The lowest BCUT2D eigenvalue weighted by Crippen LogP contribution is -2.31. The van der Waals surface area contributed by atoms with E-state index in [1.54, 1.807) is 4.90 Å². The maximum atomic E-state index is 11.9. The molecule has 1 aromatic carbocycles. The van der Waals surface area contributed by atoms with Crippen LogP contribution in [-0.2, 0) is 27.2 Å². The van der Waals surface area contributed by atoms with Gasteiger partial charge in [0.1, 0.15) is 6.61 Å². The maximum absolute atomic E-state index is 11.9. The average molecular weight is 291 g/mol. The Morgan fingerprint density at radius 3 is 2.86 bits per heavy atom. The van der Waals surface area contributed by atoms with E-state index >= 15 is 0 Å². The monoisotopic (exact) mass is 291 g/mol. The van der Waals surface area contributed by atoms with Crippen LogP contribution in [0.2, 0.25) is 0 Å². The zero-order chi connectivity index (χ0) is 15.2. The topological polar surface area (TPSA) is 66.8 Å². The molecule has 1 aromatic rings. The highest BCUT2D eigenvalue weighted by Crippen LogP contribution is 2.29. The van der Waals surface area contributed by atoms with Crippen molar-refractivity contribution < 1.29 is 19.4 Å². The van der Waals surface area contributed by atoms with Crippen molar-refractivity contribution in [3.63, 3.8) is 0 Å². The number of nitrogens with zero attached hydrogens (tertiary/aromatic N) is 1. The quantitative estimate of drug-likeness (QED) is 0.780. The number of unbranched alkanes of at least 4 members (excludes halogenated alkanes) is 1. The number of hydrogen-bond donors (Lipinski definition) is 1. The van der Waals surface area contributed by atoms with Gasteiger partial charge in [0.05, 0.1) is 0 Å². The zero-order valence-corrected chi connectivity index (χ0v) is 12.3. The van der Waals surface area contributed by atoms with Crippen molar-refractivity contribution in [1.29, 1.82) is 0 Å². The Morgan fingerprint density at radius 2 is 2.14 bits per heavy atom. The van der Waals surface area contributed by atoms with Crippen LogP contribution in [0, 0.1) is 0 Å². The molecule has 0 bridgehead atoms. The number of carboxylic acids is 1. The van der Waals surface area contributed by atoms with Crippen molar-refractivity contribution in [2.75, 3.05) is 25.2 Å². The standard InChI is InChI=1S/C16H21NO4/c1-21-11-15(18)17-9-8-13-10-12(6-7-14(13)17)4-2-3-5-16(19)20/h6-7,10H,2-5,8-9,11H2,1H3,(H,19,20). The van der Waals surface area contributed by atoms with E-state index in [9.17, 15) is 9.59 Å². The molecule has 1 amide bonds. The first-order valence-electron chi connectivity index (χ1n) is 7.24. The Bertz CT molecular complexity index is 527. The molecular formula is C16H21NO4. The zero-order valence-electron chi connectivity index (χ0n) is 12.3. The lowest BCUT2D eigenvalue weighted by molar-refractivity contribution is -0.137. The normalized spacial score (nSPS) is 13.3. The molecule has 1 aliphatic heterocycles. The maximum Gasteiger partial charge on any atom is 0.303 e. The van der Waals surface area contributed by atoms with Crippen molar-refractivity contribution in [2.24, 2.45) is 0 Å². The summed E-state index contributed by atoms with van der Waals surface area (Å²) in [4.78, 5) is 24.2. The molecule has 0 saturated carbocycles. The molecule has 0 saturated heterocycles. The Labute approximate surface area is 124 Å². The highest BCUT2D eigenvalue weighted by Gasteiger charge is 2.24. The predicted octanol–water partition coefficient (Wildman–Crippen LogP) is 2.02. The summed E-state index contributed by atoms with van der Waals surface area (Å²) in [5, 5.41) is 8.61. The van der Waals surface area contributed by atoms with E-state index in [1.165, 1.54) is 18.2 Å². The number of carboxylic acid groups (broad SMARTS) is 1. The van der Waals surface area contributed by atoms with Gasteiger partial charge in [-0.05, 0) is 42.9 Å². The first-order valence-corrected chi connectivity index (χ1v) is 7.24. The Balaban J connectivity index is 1.95. The summed E-state index contributed by atoms with van der Waals surface area (Å²) in [6, 6.07) is 6.15. The SMILES string of the molecule is COCC(=O)N1CCc2cc(CCCCC(=O)O)ccc21. The van der Waals surface area contributed by atoms with Gasteiger partial charge in [0, 0.05) is 25.8 Å². The molecule has 21 heavy (non-hydrogen) atoms. The van der Waals surface area contributed by atoms with Crippen molar-refractivity contribution >= 4 is 17.6 Å². The van der Waals surface area contributed by atoms with E-state index in [0.717, 1.165) is 24.9 Å². The van der Waals surface area contributed by atoms with Crippen LogP contribution in [-0.4, -0.2) is 37.2 Å². The molecule has 0 unspecified atom stereocenters. The predicted molar refractivity (Wildman–Crippen MR) is 79.6 cm³/mol. The summed E-state index contributed by atoms with van der Waals surface area (Å²) in [7, 11) is 1.52. The smallest absolute Gasteiger partial charge is 0.303 e. The molecule has 114 valence electrons. The Morgan fingerprint density at radius 1 is 1.33 bits per heavy atom. The van der Waals surface area contributed by atoms with Crippen LogP contribution in [0.5, 0.6) is 0 Å². The minimum atomic E-state index is -0.740. The van der Waals surface area contributed by atoms with Crippen molar-refractivity contribution in [3.8, 4) is 0 Å². The number of amides is 1. The van der Waals surface area contributed by atoms with Gasteiger partial charge < -0.3 is 14.7 Å². The summed E-state index contributed by atoms with van der Waals surface area (Å²) in [6.07, 6.45) is 3.55. The molecule has 0 radical (unpaired) electrons. The molecule has 0 atom stereocenters.